The van der Waals surface area contributed by atoms with Gasteiger partial charge in [-0.1, -0.05) is 30.8 Å². The number of aromatic nitrogens is 2. The number of carbonyl (C=O) groups excluding carboxylic acids is 1. The van der Waals surface area contributed by atoms with Gasteiger partial charge in [-0.3, -0.25) is 4.79 Å². The number of thiophene rings is 1. The number of para-hydroxylation sites is 2. The van der Waals surface area contributed by atoms with Crippen LogP contribution >= 0.6 is 23.1 Å². The van der Waals surface area contributed by atoms with E-state index in [0.29, 0.717) is 16.9 Å². The second kappa shape index (κ2) is 8.73. The van der Waals surface area contributed by atoms with E-state index in [0.717, 1.165) is 41.2 Å². The van der Waals surface area contributed by atoms with Crippen LogP contribution in [0, 0.1) is 5.92 Å². The zero-order valence-electron chi connectivity index (χ0n) is 16.2. The molecule has 0 saturated heterocycles. The first-order valence-electron chi connectivity index (χ1n) is 9.45. The quantitative estimate of drug-likeness (QED) is 0.417. The molecular weight excluding hydrogens is 430 g/mol. The van der Waals surface area contributed by atoms with Crippen LogP contribution in [0.5, 0.6) is 5.75 Å². The van der Waals surface area contributed by atoms with E-state index in [1.165, 1.54) is 22.6 Å². The lowest BCUT2D eigenvalue weighted by molar-refractivity contribution is -0.113. The van der Waals surface area contributed by atoms with Crippen molar-refractivity contribution in [3.8, 4) is 5.75 Å². The largest absolute Gasteiger partial charge is 0.433 e. The molecule has 0 bridgehead atoms. The topological polar surface area (TPSA) is 90.1 Å². The number of aryl methyl sites for hydroxylation is 1. The number of rotatable bonds is 6. The lowest BCUT2D eigenvalue weighted by Gasteiger charge is -2.17. The average molecular weight is 451 g/mol. The number of nitrogens with one attached hydrogen (secondary N) is 1. The number of nitrogens with zero attached hydrogens (tertiary/aromatic N) is 2. The van der Waals surface area contributed by atoms with Crippen molar-refractivity contribution in [2.45, 2.75) is 38.0 Å². The van der Waals surface area contributed by atoms with Crippen LogP contribution < -0.4 is 15.8 Å². The van der Waals surface area contributed by atoms with Gasteiger partial charge in [0.2, 0.25) is 5.91 Å². The van der Waals surface area contributed by atoms with E-state index >= 15 is 0 Å². The molecule has 158 valence electrons. The molecule has 30 heavy (non-hydrogen) atoms. The number of thioether (sulfide) groups is 1. The number of amides is 1. The summed E-state index contributed by atoms with van der Waals surface area (Å²) in [7, 11) is 0. The standard InChI is InChI=1S/C20H20F2N4O2S2/c1-10-6-7-11-14(8-10)30-18-16(11)17(23)25-20(26-18)29-9-15(27)24-12-4-2-3-5-13(12)28-19(21)22/h2-5,10,19H,6-9H2,1H3,(H,24,27)(H2,23,25,26). The number of carbonyl (C=O) groups is 1. The fourth-order valence-corrected chi connectivity index (χ4v) is 5.60. The Hall–Kier alpha value is -2.46. The predicted molar refractivity (Wildman–Crippen MR) is 115 cm³/mol. The van der Waals surface area contributed by atoms with Gasteiger partial charge in [-0.15, -0.1) is 11.3 Å². The second-order valence-electron chi connectivity index (χ2n) is 7.13. The van der Waals surface area contributed by atoms with Crippen LogP contribution in [0.2, 0.25) is 0 Å². The van der Waals surface area contributed by atoms with Crippen molar-refractivity contribution in [1.29, 1.82) is 0 Å². The number of hydrogen-bond donors (Lipinski definition) is 2. The SMILES string of the molecule is CC1CCc2c(sc3nc(SCC(=O)Nc4ccccc4OC(F)F)nc(N)c23)C1. The third-order valence-electron chi connectivity index (χ3n) is 4.87. The summed E-state index contributed by atoms with van der Waals surface area (Å²) >= 11 is 2.79. The molecule has 10 heteroatoms. The van der Waals surface area contributed by atoms with Gasteiger partial charge in [-0.05, 0) is 42.9 Å². The van der Waals surface area contributed by atoms with Crippen molar-refractivity contribution >= 4 is 50.7 Å². The first-order chi connectivity index (χ1) is 14.4. The van der Waals surface area contributed by atoms with Crippen LogP contribution in [0.4, 0.5) is 20.3 Å². The minimum Gasteiger partial charge on any atom is -0.433 e. The van der Waals surface area contributed by atoms with Gasteiger partial charge >= 0.3 is 6.61 Å². The Morgan fingerprint density at radius 2 is 2.20 bits per heavy atom. The molecular formula is C20H20F2N4O2S2. The van der Waals surface area contributed by atoms with Crippen molar-refractivity contribution in [3.63, 3.8) is 0 Å². The summed E-state index contributed by atoms with van der Waals surface area (Å²) < 4.78 is 29.5. The van der Waals surface area contributed by atoms with Crippen molar-refractivity contribution in [3.05, 3.63) is 34.7 Å². The van der Waals surface area contributed by atoms with Crippen LogP contribution in [0.25, 0.3) is 10.2 Å². The molecule has 1 amide bonds. The van der Waals surface area contributed by atoms with E-state index in [1.807, 2.05) is 0 Å². The first kappa shape index (κ1) is 20.8. The van der Waals surface area contributed by atoms with Crippen molar-refractivity contribution in [2.24, 2.45) is 5.92 Å². The van der Waals surface area contributed by atoms with Gasteiger partial charge < -0.3 is 15.8 Å². The lowest BCUT2D eigenvalue weighted by atomic mass is 9.89. The highest BCUT2D eigenvalue weighted by molar-refractivity contribution is 7.99. The molecule has 6 nitrogen and oxygen atoms in total. The average Bonchev–Trinajstić information content (AvgIpc) is 3.05. The Morgan fingerprint density at radius 1 is 1.40 bits per heavy atom. The molecule has 1 aromatic carbocycles. The molecule has 1 aliphatic carbocycles. The number of alkyl halides is 2. The summed E-state index contributed by atoms with van der Waals surface area (Å²) in [4.78, 5) is 23.4. The monoisotopic (exact) mass is 450 g/mol. The number of hydrogen-bond acceptors (Lipinski definition) is 7. The highest BCUT2D eigenvalue weighted by atomic mass is 32.2. The molecule has 2 heterocycles. The molecule has 4 rings (SSSR count). The Bertz CT molecular complexity index is 1090. The summed E-state index contributed by atoms with van der Waals surface area (Å²) in [5.41, 5.74) is 7.65. The number of fused-ring (bicyclic) bond motifs is 3. The number of ether oxygens (including phenoxy) is 1. The van der Waals surface area contributed by atoms with E-state index in [4.69, 9.17) is 5.73 Å². The summed E-state index contributed by atoms with van der Waals surface area (Å²) in [6.07, 6.45) is 3.14. The number of nitrogens with two attached hydrogens (primary N) is 1. The molecule has 1 atom stereocenters. The summed E-state index contributed by atoms with van der Waals surface area (Å²) in [5.74, 6) is 0.619. The maximum atomic E-state index is 12.5. The molecule has 0 fully saturated rings. The molecule has 3 N–H and O–H groups in total. The zero-order valence-corrected chi connectivity index (χ0v) is 17.8. The maximum Gasteiger partial charge on any atom is 0.387 e. The molecule has 0 saturated carbocycles. The van der Waals surface area contributed by atoms with Gasteiger partial charge in [0.25, 0.3) is 0 Å². The third-order valence-corrected chi connectivity index (χ3v) is 6.87. The Labute approximate surface area is 180 Å². The van der Waals surface area contributed by atoms with Crippen LogP contribution in [0.15, 0.2) is 29.4 Å². The molecule has 0 radical (unpaired) electrons. The first-order valence-corrected chi connectivity index (χ1v) is 11.2. The molecule has 3 aromatic rings. The van der Waals surface area contributed by atoms with Crippen LogP contribution in [-0.4, -0.2) is 28.2 Å². The molecule has 0 aliphatic heterocycles. The molecule has 1 unspecified atom stereocenters. The number of benzene rings is 1. The van der Waals surface area contributed by atoms with Crippen molar-refractivity contribution in [1.82, 2.24) is 9.97 Å². The summed E-state index contributed by atoms with van der Waals surface area (Å²) in [5, 5.41) is 3.93. The number of nitrogen functional groups attached to an aromatic ring is 1. The minimum atomic E-state index is -2.97. The summed E-state index contributed by atoms with van der Waals surface area (Å²) in [6.45, 7) is -0.729. The van der Waals surface area contributed by atoms with E-state index < -0.39 is 6.61 Å². The van der Waals surface area contributed by atoms with E-state index in [2.05, 4.69) is 26.9 Å². The zero-order chi connectivity index (χ0) is 21.3. The van der Waals surface area contributed by atoms with Gasteiger partial charge in [-0.2, -0.15) is 8.78 Å². The van der Waals surface area contributed by atoms with E-state index in [9.17, 15) is 13.6 Å². The highest BCUT2D eigenvalue weighted by Crippen LogP contribution is 2.40. The van der Waals surface area contributed by atoms with Crippen LogP contribution in [0.3, 0.4) is 0 Å². The minimum absolute atomic E-state index is 0.0100. The second-order valence-corrected chi connectivity index (χ2v) is 9.16. The molecule has 0 spiro atoms. The van der Waals surface area contributed by atoms with Crippen LogP contribution in [-0.2, 0) is 17.6 Å². The predicted octanol–water partition coefficient (Wildman–Crippen LogP) is 4.73. The molecule has 2 aromatic heterocycles. The smallest absolute Gasteiger partial charge is 0.387 e. The molecule has 1 aliphatic rings. The van der Waals surface area contributed by atoms with E-state index in [1.54, 1.807) is 23.5 Å². The Morgan fingerprint density at radius 3 is 3.00 bits per heavy atom. The van der Waals surface area contributed by atoms with Gasteiger partial charge in [0.1, 0.15) is 16.4 Å². The Balaban J connectivity index is 1.46. The maximum absolute atomic E-state index is 12.5. The highest BCUT2D eigenvalue weighted by Gasteiger charge is 2.23. The Kier molecular flexibility index (Phi) is 6.05. The fourth-order valence-electron chi connectivity index (χ4n) is 3.50. The van der Waals surface area contributed by atoms with Gasteiger partial charge in [0.15, 0.2) is 5.16 Å². The summed E-state index contributed by atoms with van der Waals surface area (Å²) in [6, 6.07) is 6.04. The number of halogens is 2. The fraction of sp³-hybridized carbons (Fsp3) is 0.350. The van der Waals surface area contributed by atoms with Crippen molar-refractivity contribution < 1.29 is 18.3 Å². The van der Waals surface area contributed by atoms with Crippen molar-refractivity contribution in [2.75, 3.05) is 16.8 Å². The lowest BCUT2D eigenvalue weighted by Crippen LogP contribution is -2.16. The van der Waals surface area contributed by atoms with Crippen LogP contribution in [0.1, 0.15) is 23.8 Å². The van der Waals surface area contributed by atoms with Gasteiger partial charge in [0.05, 0.1) is 16.8 Å². The van der Waals surface area contributed by atoms with Gasteiger partial charge in [-0.25, -0.2) is 9.97 Å². The third kappa shape index (κ3) is 4.49. The van der Waals surface area contributed by atoms with Gasteiger partial charge in [0, 0.05) is 4.88 Å². The number of anilines is 2. The van der Waals surface area contributed by atoms with E-state index in [-0.39, 0.29) is 23.1 Å². The normalized spacial score (nSPS) is 15.9.